The molecule has 0 spiro atoms. The molecule has 0 unspecified atom stereocenters. The second-order valence-corrected chi connectivity index (χ2v) is 7.38. The van der Waals surface area contributed by atoms with E-state index in [1.807, 2.05) is 24.3 Å². The van der Waals surface area contributed by atoms with Gasteiger partial charge in [-0.3, -0.25) is 0 Å². The number of thioether (sulfide) groups is 1. The molecule has 0 amide bonds. The third-order valence-electron chi connectivity index (χ3n) is 3.64. The van der Waals surface area contributed by atoms with Crippen molar-refractivity contribution < 1.29 is 18.7 Å². The molecule has 2 aromatic carbocycles. The quantitative estimate of drug-likeness (QED) is 0.278. The molecule has 0 aliphatic rings. The van der Waals surface area contributed by atoms with Crippen LogP contribution < -0.4 is 0 Å². The van der Waals surface area contributed by atoms with E-state index in [2.05, 4.69) is 0 Å². The van der Waals surface area contributed by atoms with Crippen LogP contribution in [0.5, 0.6) is 0 Å². The van der Waals surface area contributed by atoms with Gasteiger partial charge in [0.05, 0.1) is 11.6 Å². The first-order valence-corrected chi connectivity index (χ1v) is 9.58. The van der Waals surface area contributed by atoms with Crippen molar-refractivity contribution in [3.63, 3.8) is 0 Å². The third kappa shape index (κ3) is 4.35. The zero-order valence-corrected chi connectivity index (χ0v) is 16.3. The lowest BCUT2D eigenvalue weighted by atomic mass is 10.1. The standard InChI is InChI=1S/C19H16Cl2O4S/c1-23-11-14-13-4-2-3-5-16(13)25-18(14)19(22)24-8-9-26-17-10-12(20)6-7-15(17)21/h2-7,10H,8-9,11H2,1H3. The van der Waals surface area contributed by atoms with Crippen LogP contribution in [-0.4, -0.2) is 25.4 Å². The summed E-state index contributed by atoms with van der Waals surface area (Å²) >= 11 is 13.6. The second kappa shape index (κ2) is 8.82. The van der Waals surface area contributed by atoms with Crippen molar-refractivity contribution in [1.29, 1.82) is 0 Å². The Kier molecular flexibility index (Phi) is 6.48. The molecule has 7 heteroatoms. The Hall–Kier alpha value is -1.66. The number of halogens is 2. The Balaban J connectivity index is 1.64. The highest BCUT2D eigenvalue weighted by atomic mass is 35.5. The minimum absolute atomic E-state index is 0.179. The fourth-order valence-corrected chi connectivity index (χ4v) is 3.81. The van der Waals surface area contributed by atoms with E-state index < -0.39 is 5.97 Å². The number of fused-ring (bicyclic) bond motifs is 1. The lowest BCUT2D eigenvalue weighted by molar-refractivity contribution is 0.0490. The van der Waals surface area contributed by atoms with E-state index in [9.17, 15) is 4.79 Å². The lowest BCUT2D eigenvalue weighted by Gasteiger charge is -2.06. The summed E-state index contributed by atoms with van der Waals surface area (Å²) in [6.45, 7) is 0.490. The van der Waals surface area contributed by atoms with Gasteiger partial charge in [-0.25, -0.2) is 4.79 Å². The number of para-hydroxylation sites is 1. The van der Waals surface area contributed by atoms with Crippen LogP contribution in [0.15, 0.2) is 51.8 Å². The summed E-state index contributed by atoms with van der Waals surface area (Å²) in [5.74, 6) is 0.218. The molecule has 0 saturated carbocycles. The van der Waals surface area contributed by atoms with E-state index in [1.54, 1.807) is 25.3 Å². The smallest absolute Gasteiger partial charge is 0.374 e. The number of hydrogen-bond donors (Lipinski definition) is 0. The van der Waals surface area contributed by atoms with Crippen LogP contribution in [0.2, 0.25) is 10.0 Å². The first-order chi connectivity index (χ1) is 12.6. The van der Waals surface area contributed by atoms with Gasteiger partial charge in [0.25, 0.3) is 0 Å². The highest BCUT2D eigenvalue weighted by Crippen LogP contribution is 2.30. The second-order valence-electron chi connectivity index (χ2n) is 5.40. The Morgan fingerprint density at radius 1 is 1.19 bits per heavy atom. The van der Waals surface area contributed by atoms with Crippen LogP contribution in [-0.2, 0) is 16.1 Å². The number of furan rings is 1. The van der Waals surface area contributed by atoms with E-state index in [-0.39, 0.29) is 19.0 Å². The molecule has 3 rings (SSSR count). The third-order valence-corrected chi connectivity index (χ3v) is 5.34. The first-order valence-electron chi connectivity index (χ1n) is 7.84. The average Bonchev–Trinajstić information content (AvgIpc) is 3.00. The number of hydrogen-bond acceptors (Lipinski definition) is 5. The van der Waals surface area contributed by atoms with Crippen molar-refractivity contribution in [3.8, 4) is 0 Å². The molecule has 0 bridgehead atoms. The Morgan fingerprint density at radius 3 is 2.81 bits per heavy atom. The van der Waals surface area contributed by atoms with Gasteiger partial charge in [0.1, 0.15) is 12.2 Å². The molecular formula is C19H16Cl2O4S. The topological polar surface area (TPSA) is 48.7 Å². The molecule has 136 valence electrons. The molecule has 1 aromatic heterocycles. The van der Waals surface area contributed by atoms with Gasteiger partial charge in [-0.15, -0.1) is 11.8 Å². The number of rotatable bonds is 7. The van der Waals surface area contributed by atoms with Crippen LogP contribution in [0.1, 0.15) is 16.1 Å². The molecule has 1 heterocycles. The maximum absolute atomic E-state index is 12.4. The van der Waals surface area contributed by atoms with Crippen LogP contribution >= 0.6 is 35.0 Å². The van der Waals surface area contributed by atoms with E-state index in [0.29, 0.717) is 26.9 Å². The van der Waals surface area contributed by atoms with E-state index in [0.717, 1.165) is 10.3 Å². The molecule has 0 radical (unpaired) electrons. The molecule has 3 aromatic rings. The van der Waals surface area contributed by atoms with Gasteiger partial charge in [0, 0.05) is 33.7 Å². The minimum Gasteiger partial charge on any atom is -0.459 e. The largest absolute Gasteiger partial charge is 0.459 e. The summed E-state index contributed by atoms with van der Waals surface area (Å²) in [5.41, 5.74) is 1.32. The monoisotopic (exact) mass is 410 g/mol. The van der Waals surface area contributed by atoms with Gasteiger partial charge in [-0.05, 0) is 24.3 Å². The summed E-state index contributed by atoms with van der Waals surface area (Å²) in [7, 11) is 1.57. The molecule has 0 saturated heterocycles. The Bertz CT molecular complexity index is 923. The molecule has 0 fully saturated rings. The summed E-state index contributed by atoms with van der Waals surface area (Å²) in [5, 5.41) is 2.08. The summed E-state index contributed by atoms with van der Waals surface area (Å²) in [4.78, 5) is 13.3. The first kappa shape index (κ1) is 19.1. The van der Waals surface area contributed by atoms with Crippen molar-refractivity contribution in [2.45, 2.75) is 11.5 Å². The Labute approximate surface area is 165 Å². The fraction of sp³-hybridized carbons (Fsp3) is 0.211. The zero-order chi connectivity index (χ0) is 18.5. The summed E-state index contributed by atoms with van der Waals surface area (Å²) < 4.78 is 16.2. The normalized spacial score (nSPS) is 11.0. The van der Waals surface area contributed by atoms with Crippen LogP contribution in [0.25, 0.3) is 11.0 Å². The van der Waals surface area contributed by atoms with Gasteiger partial charge in [0.15, 0.2) is 0 Å². The molecular weight excluding hydrogens is 395 g/mol. The van der Waals surface area contributed by atoms with Gasteiger partial charge in [-0.1, -0.05) is 41.4 Å². The Morgan fingerprint density at radius 2 is 2.00 bits per heavy atom. The SMILES string of the molecule is COCc1c(C(=O)OCCSc2cc(Cl)ccc2Cl)oc2ccccc12. The van der Waals surface area contributed by atoms with Crippen molar-refractivity contribution in [2.24, 2.45) is 0 Å². The number of esters is 1. The van der Waals surface area contributed by atoms with Crippen molar-refractivity contribution in [3.05, 3.63) is 63.8 Å². The molecule has 0 atom stereocenters. The van der Waals surface area contributed by atoms with Crippen molar-refractivity contribution in [2.75, 3.05) is 19.5 Å². The zero-order valence-electron chi connectivity index (χ0n) is 14.0. The van der Waals surface area contributed by atoms with Crippen LogP contribution in [0.4, 0.5) is 0 Å². The van der Waals surface area contributed by atoms with Crippen LogP contribution in [0, 0.1) is 0 Å². The van der Waals surface area contributed by atoms with E-state index in [4.69, 9.17) is 37.1 Å². The molecule has 0 aliphatic carbocycles. The highest BCUT2D eigenvalue weighted by molar-refractivity contribution is 7.99. The highest BCUT2D eigenvalue weighted by Gasteiger charge is 2.21. The lowest BCUT2D eigenvalue weighted by Crippen LogP contribution is -2.09. The van der Waals surface area contributed by atoms with Gasteiger partial charge in [0.2, 0.25) is 5.76 Å². The predicted molar refractivity (Wildman–Crippen MR) is 104 cm³/mol. The molecule has 26 heavy (non-hydrogen) atoms. The average molecular weight is 411 g/mol. The predicted octanol–water partition coefficient (Wildman–Crippen LogP) is 5.84. The number of benzene rings is 2. The van der Waals surface area contributed by atoms with Crippen molar-refractivity contribution in [1.82, 2.24) is 0 Å². The minimum atomic E-state index is -0.508. The fourth-order valence-electron chi connectivity index (χ4n) is 2.49. The van der Waals surface area contributed by atoms with Gasteiger partial charge in [-0.2, -0.15) is 0 Å². The number of ether oxygens (including phenoxy) is 2. The number of methoxy groups -OCH3 is 1. The van der Waals surface area contributed by atoms with Gasteiger partial charge >= 0.3 is 5.97 Å². The van der Waals surface area contributed by atoms with E-state index in [1.165, 1.54) is 11.8 Å². The maximum Gasteiger partial charge on any atom is 0.374 e. The summed E-state index contributed by atoms with van der Waals surface area (Å²) in [6.07, 6.45) is 0. The number of carbonyl (C=O) groups is 1. The molecule has 0 N–H and O–H groups in total. The summed E-state index contributed by atoms with van der Waals surface area (Å²) in [6, 6.07) is 12.7. The molecule has 0 aliphatic heterocycles. The maximum atomic E-state index is 12.4. The van der Waals surface area contributed by atoms with E-state index >= 15 is 0 Å². The molecule has 4 nitrogen and oxygen atoms in total. The van der Waals surface area contributed by atoms with Crippen LogP contribution in [0.3, 0.4) is 0 Å². The van der Waals surface area contributed by atoms with Gasteiger partial charge < -0.3 is 13.9 Å². The number of carbonyl (C=O) groups excluding carboxylic acids is 1. The van der Waals surface area contributed by atoms with Crippen molar-refractivity contribution >= 4 is 51.9 Å².